The van der Waals surface area contributed by atoms with Crippen LogP contribution in [0.5, 0.6) is 0 Å². The molecule has 1 aliphatic rings. The van der Waals surface area contributed by atoms with E-state index in [1.54, 1.807) is 0 Å². The number of Topliss-reactive ketones (excluding diaryl/α,β-unsaturated/α-hetero) is 1. The van der Waals surface area contributed by atoms with Gasteiger partial charge < -0.3 is 5.32 Å². The smallest absolute Gasteiger partial charge is 0.222 e. The Morgan fingerprint density at radius 2 is 2.40 bits per heavy atom. The van der Waals surface area contributed by atoms with Crippen molar-refractivity contribution in [2.24, 2.45) is 0 Å². The lowest BCUT2D eigenvalue weighted by molar-refractivity contribution is -0.116. The molecule has 0 aromatic rings. The van der Waals surface area contributed by atoms with Crippen molar-refractivity contribution < 1.29 is 4.79 Å². The van der Waals surface area contributed by atoms with Crippen molar-refractivity contribution in [3.63, 3.8) is 0 Å². The van der Waals surface area contributed by atoms with E-state index in [2.05, 4.69) is 11.2 Å². The molecule has 1 fully saturated rings. The Morgan fingerprint density at radius 1 is 1.60 bits per heavy atom. The Morgan fingerprint density at radius 3 is 2.90 bits per heavy atom. The first-order valence-corrected chi connectivity index (χ1v) is 3.58. The maximum Gasteiger partial charge on any atom is 0.222 e. The molecule has 1 aliphatic heterocycles. The van der Waals surface area contributed by atoms with Crippen molar-refractivity contribution in [1.82, 2.24) is 5.32 Å². The van der Waals surface area contributed by atoms with E-state index >= 15 is 0 Å². The summed E-state index contributed by atoms with van der Waals surface area (Å²) in [5.74, 6) is 2.04. The minimum atomic E-state index is -0.0975. The molecular weight excluding hydrogens is 126 g/mol. The van der Waals surface area contributed by atoms with Crippen LogP contribution in [0.2, 0.25) is 0 Å². The molecule has 2 heteroatoms. The van der Waals surface area contributed by atoms with E-state index in [1.165, 1.54) is 0 Å². The number of carbonyl (C=O) groups excluding carboxylic acids is 1. The van der Waals surface area contributed by atoms with Gasteiger partial charge >= 0.3 is 0 Å². The quantitative estimate of drug-likeness (QED) is 0.417. The highest BCUT2D eigenvalue weighted by Crippen LogP contribution is 2.06. The number of terminal acetylenes is 1. The molecule has 0 aromatic heterocycles. The summed E-state index contributed by atoms with van der Waals surface area (Å²) in [6.45, 7) is 0.929. The molecule has 0 bridgehead atoms. The molecule has 0 spiro atoms. The van der Waals surface area contributed by atoms with Crippen molar-refractivity contribution in [2.75, 3.05) is 6.54 Å². The Balaban J connectivity index is 2.40. The molecule has 0 radical (unpaired) electrons. The molecule has 10 heavy (non-hydrogen) atoms. The van der Waals surface area contributed by atoms with Gasteiger partial charge in [0.25, 0.3) is 0 Å². The lowest BCUT2D eigenvalue weighted by Gasteiger charge is -2.19. The molecule has 0 unspecified atom stereocenters. The van der Waals surface area contributed by atoms with Crippen molar-refractivity contribution in [2.45, 2.75) is 25.3 Å². The van der Waals surface area contributed by atoms with Crippen LogP contribution in [0.1, 0.15) is 19.3 Å². The first kappa shape index (κ1) is 7.30. The summed E-state index contributed by atoms with van der Waals surface area (Å²) in [6.07, 6.45) is 8.15. The van der Waals surface area contributed by atoms with Crippen molar-refractivity contribution in [3.8, 4) is 12.3 Å². The van der Waals surface area contributed by atoms with E-state index in [0.717, 1.165) is 25.8 Å². The molecule has 1 saturated heterocycles. The molecular formula is C8H11NO. The zero-order chi connectivity index (χ0) is 7.40. The third kappa shape index (κ3) is 1.58. The number of rotatable bonds is 1. The number of hydrogen-bond acceptors (Lipinski definition) is 2. The van der Waals surface area contributed by atoms with Crippen LogP contribution in [0.15, 0.2) is 0 Å². The summed E-state index contributed by atoms with van der Waals surface area (Å²) in [7, 11) is 0. The summed E-state index contributed by atoms with van der Waals surface area (Å²) < 4.78 is 0. The Bertz CT molecular complexity index is 163. The van der Waals surface area contributed by atoms with Gasteiger partial charge in [0.15, 0.2) is 0 Å². The number of carbonyl (C=O) groups is 1. The maximum absolute atomic E-state index is 10.9. The monoisotopic (exact) mass is 137 g/mol. The summed E-state index contributed by atoms with van der Waals surface area (Å²) >= 11 is 0. The van der Waals surface area contributed by atoms with Crippen LogP contribution in [0, 0.1) is 12.3 Å². The molecule has 1 rings (SSSR count). The fraction of sp³-hybridized carbons (Fsp3) is 0.625. The first-order valence-electron chi connectivity index (χ1n) is 3.58. The summed E-state index contributed by atoms with van der Waals surface area (Å²) in [5, 5.41) is 3.08. The summed E-state index contributed by atoms with van der Waals surface area (Å²) in [5.41, 5.74) is 0. The van der Waals surface area contributed by atoms with E-state index in [9.17, 15) is 4.79 Å². The molecule has 1 atom stereocenters. The molecule has 1 N–H and O–H groups in total. The summed E-state index contributed by atoms with van der Waals surface area (Å²) in [4.78, 5) is 10.9. The van der Waals surface area contributed by atoms with Gasteiger partial charge in [0.2, 0.25) is 5.78 Å². The molecule has 54 valence electrons. The van der Waals surface area contributed by atoms with Crippen LogP contribution in [0.4, 0.5) is 0 Å². The van der Waals surface area contributed by atoms with Crippen LogP contribution >= 0.6 is 0 Å². The predicted molar refractivity (Wildman–Crippen MR) is 39.5 cm³/mol. The second-order valence-corrected chi connectivity index (χ2v) is 2.51. The third-order valence-electron chi connectivity index (χ3n) is 1.77. The fourth-order valence-corrected chi connectivity index (χ4v) is 1.18. The molecule has 0 amide bonds. The summed E-state index contributed by atoms with van der Waals surface area (Å²) in [6, 6.07) is -0.0567. The number of ketones is 1. The van der Waals surface area contributed by atoms with E-state index in [-0.39, 0.29) is 11.8 Å². The van der Waals surface area contributed by atoms with Crippen molar-refractivity contribution in [3.05, 3.63) is 0 Å². The van der Waals surface area contributed by atoms with E-state index < -0.39 is 0 Å². The number of hydrogen-bond donors (Lipinski definition) is 1. The number of piperidine rings is 1. The Labute approximate surface area is 61.0 Å². The highest BCUT2D eigenvalue weighted by molar-refractivity contribution is 5.99. The van der Waals surface area contributed by atoms with Crippen molar-refractivity contribution in [1.29, 1.82) is 0 Å². The zero-order valence-electron chi connectivity index (χ0n) is 5.89. The van der Waals surface area contributed by atoms with Gasteiger partial charge in [-0.1, -0.05) is 6.42 Å². The number of nitrogens with one attached hydrogen (secondary N) is 1. The van der Waals surface area contributed by atoms with Crippen LogP contribution in [0.25, 0.3) is 0 Å². The van der Waals surface area contributed by atoms with E-state index in [0.29, 0.717) is 0 Å². The Hall–Kier alpha value is -0.810. The van der Waals surface area contributed by atoms with E-state index in [1.807, 2.05) is 0 Å². The van der Waals surface area contributed by atoms with Crippen LogP contribution in [-0.2, 0) is 4.79 Å². The molecule has 0 saturated carbocycles. The molecule has 0 aromatic carbocycles. The molecule has 1 heterocycles. The average Bonchev–Trinajstić information content (AvgIpc) is 2.05. The average molecular weight is 137 g/mol. The Kier molecular flexibility index (Phi) is 2.47. The van der Waals surface area contributed by atoms with E-state index in [4.69, 9.17) is 6.42 Å². The van der Waals surface area contributed by atoms with Crippen LogP contribution < -0.4 is 5.32 Å². The molecule has 0 aliphatic carbocycles. The minimum Gasteiger partial charge on any atom is -0.307 e. The minimum absolute atomic E-state index is 0.0567. The fourth-order valence-electron chi connectivity index (χ4n) is 1.18. The highest BCUT2D eigenvalue weighted by Gasteiger charge is 2.17. The topological polar surface area (TPSA) is 29.1 Å². The largest absolute Gasteiger partial charge is 0.307 e. The SMILES string of the molecule is C#CC(=O)[C@@H]1CCCCN1. The van der Waals surface area contributed by atoms with Gasteiger partial charge in [0.1, 0.15) is 0 Å². The second kappa shape index (κ2) is 3.38. The van der Waals surface area contributed by atoms with Gasteiger partial charge in [0.05, 0.1) is 6.04 Å². The first-order chi connectivity index (χ1) is 4.84. The van der Waals surface area contributed by atoms with Gasteiger partial charge in [0, 0.05) is 0 Å². The van der Waals surface area contributed by atoms with Gasteiger partial charge in [-0.3, -0.25) is 4.79 Å². The van der Waals surface area contributed by atoms with Gasteiger partial charge in [-0.25, -0.2) is 0 Å². The van der Waals surface area contributed by atoms with Gasteiger partial charge in [-0.2, -0.15) is 0 Å². The lowest BCUT2D eigenvalue weighted by atomic mass is 10.0. The lowest BCUT2D eigenvalue weighted by Crippen LogP contribution is -2.39. The van der Waals surface area contributed by atoms with Crippen LogP contribution in [-0.4, -0.2) is 18.4 Å². The maximum atomic E-state index is 10.9. The van der Waals surface area contributed by atoms with Crippen molar-refractivity contribution >= 4 is 5.78 Å². The van der Waals surface area contributed by atoms with Gasteiger partial charge in [-0.05, 0) is 25.3 Å². The highest BCUT2D eigenvalue weighted by atomic mass is 16.1. The standard InChI is InChI=1S/C8H11NO/c1-2-8(10)7-5-3-4-6-9-7/h1,7,9H,3-6H2/t7-/m0/s1. The normalized spacial score (nSPS) is 25.3. The second-order valence-electron chi connectivity index (χ2n) is 2.51. The third-order valence-corrected chi connectivity index (χ3v) is 1.77. The molecule has 2 nitrogen and oxygen atoms in total. The van der Waals surface area contributed by atoms with Gasteiger partial charge in [-0.15, -0.1) is 6.42 Å². The zero-order valence-corrected chi connectivity index (χ0v) is 5.89. The van der Waals surface area contributed by atoms with Crippen LogP contribution in [0.3, 0.4) is 0 Å². The predicted octanol–water partition coefficient (Wildman–Crippen LogP) is 0.331.